The van der Waals surface area contributed by atoms with Crippen LogP contribution in [0.3, 0.4) is 0 Å². The molecule has 0 unspecified atom stereocenters. The van der Waals surface area contributed by atoms with Crippen LogP contribution in [0.15, 0.2) is 0 Å². The Hall–Kier alpha value is 3.31. The second kappa shape index (κ2) is 420. The van der Waals surface area contributed by atoms with Gasteiger partial charge in [0.1, 0.15) is 0 Å². The van der Waals surface area contributed by atoms with E-state index >= 15 is 0 Å². The van der Waals surface area contributed by atoms with E-state index in [-0.39, 0.29) is 98.1 Å². The Bertz CT molecular complexity index is 10.8. The molecule has 0 aromatic rings. The van der Waals surface area contributed by atoms with Crippen LogP contribution in [0.1, 0.15) is 41.5 Å². The maximum absolute atomic E-state index is 3.25. The van der Waals surface area contributed by atoms with Crippen molar-refractivity contribution in [2.45, 2.75) is 41.5 Å². The van der Waals surface area contributed by atoms with Crippen molar-refractivity contribution in [2.24, 2.45) is 0 Å². The predicted molar refractivity (Wildman–Crippen MR) is 66.2 cm³/mol. The largest absolute Gasteiger partial charge is 3.00 e. The summed E-state index contributed by atoms with van der Waals surface area (Å²) in [6, 6.07) is 0. The molecule has 0 saturated carbocycles. The van der Waals surface area contributed by atoms with Gasteiger partial charge in [-0.2, -0.15) is 41.5 Å². The molecular formula is C12H30Y3+3. The van der Waals surface area contributed by atoms with E-state index in [0.717, 1.165) is 0 Å². The summed E-state index contributed by atoms with van der Waals surface area (Å²) in [5.74, 6) is 0. The van der Waals surface area contributed by atoms with Crippen LogP contribution in [0.2, 0.25) is 0 Å². The molecule has 3 heteroatoms. The smallest absolute Gasteiger partial charge is 0.346 e. The van der Waals surface area contributed by atoms with Gasteiger partial charge in [-0.3, -0.25) is 0 Å². The third kappa shape index (κ3) is 370. The minimum atomic E-state index is 0. The molecule has 0 aliphatic rings. The van der Waals surface area contributed by atoms with Crippen LogP contribution >= 0.6 is 0 Å². The summed E-state index contributed by atoms with van der Waals surface area (Å²) in [7, 11) is 0. The molecule has 0 saturated heterocycles. The van der Waals surface area contributed by atoms with Gasteiger partial charge in [0.05, 0.1) is 0 Å². The summed E-state index contributed by atoms with van der Waals surface area (Å²) in [6.07, 6.45) is 0. The Morgan fingerprint density at radius 3 is 0.267 bits per heavy atom. The molecule has 15 heavy (non-hydrogen) atoms. The van der Waals surface area contributed by atoms with E-state index in [1.165, 1.54) is 0 Å². The fourth-order valence-electron chi connectivity index (χ4n) is 0. The first kappa shape index (κ1) is 63.3. The predicted octanol–water partition coefficient (Wildman–Crippen LogP) is 5.03. The molecule has 0 fully saturated rings. The van der Waals surface area contributed by atoms with E-state index in [9.17, 15) is 0 Å². The fourth-order valence-corrected chi connectivity index (χ4v) is 0. The molecule has 0 aliphatic carbocycles. The van der Waals surface area contributed by atoms with Crippen LogP contribution < -0.4 is 0 Å². The Kier molecular flexibility index (Phi) is 1770. The number of hydrogen-bond acceptors (Lipinski definition) is 0. The Morgan fingerprint density at radius 2 is 0.267 bits per heavy atom. The van der Waals surface area contributed by atoms with Crippen molar-refractivity contribution in [1.82, 2.24) is 0 Å². The average molecular weight is 441 g/mol. The molecule has 0 radical (unpaired) electrons. The van der Waals surface area contributed by atoms with Gasteiger partial charge < -0.3 is 41.5 Å². The van der Waals surface area contributed by atoms with Gasteiger partial charge in [0, 0.05) is 0 Å². The Morgan fingerprint density at radius 1 is 0.267 bits per heavy atom. The second-order valence-corrected chi connectivity index (χ2v) is 0. The van der Waals surface area contributed by atoms with Crippen molar-refractivity contribution >= 4 is 0 Å². The first-order valence-corrected chi connectivity index (χ1v) is 4.24. The van der Waals surface area contributed by atoms with Gasteiger partial charge in [0.2, 0.25) is 0 Å². The van der Waals surface area contributed by atoms with E-state index in [1.807, 2.05) is 0 Å². The van der Waals surface area contributed by atoms with Crippen LogP contribution in [0, 0.1) is 41.5 Å². The first-order chi connectivity index (χ1) is 6.00. The van der Waals surface area contributed by atoms with Crippen molar-refractivity contribution < 1.29 is 98.1 Å². The summed E-state index contributed by atoms with van der Waals surface area (Å²) < 4.78 is 0. The van der Waals surface area contributed by atoms with Crippen molar-refractivity contribution in [3.63, 3.8) is 0 Å². The average Bonchev–Trinajstić information content (AvgIpc) is 2.33. The molecule has 0 aliphatic heterocycles. The maximum Gasteiger partial charge on any atom is 3.00 e. The van der Waals surface area contributed by atoms with Gasteiger partial charge in [-0.25, -0.2) is 0 Å². The fraction of sp³-hybridized carbons (Fsp3) is 0.500. The van der Waals surface area contributed by atoms with Gasteiger partial charge in [-0.15, -0.1) is 0 Å². The summed E-state index contributed by atoms with van der Waals surface area (Å²) in [6.45, 7) is 30.0. The molecule has 0 spiro atoms. The van der Waals surface area contributed by atoms with Crippen LogP contribution in [-0.4, -0.2) is 0 Å². The molecular weight excluding hydrogens is 411 g/mol. The topological polar surface area (TPSA) is 0 Å². The van der Waals surface area contributed by atoms with Crippen molar-refractivity contribution in [3.8, 4) is 0 Å². The summed E-state index contributed by atoms with van der Waals surface area (Å²) in [4.78, 5) is 0. The monoisotopic (exact) mass is 441 g/mol. The molecule has 0 aromatic heterocycles. The minimum Gasteiger partial charge on any atom is -0.346 e. The molecule has 0 amide bonds. The van der Waals surface area contributed by atoms with Crippen LogP contribution in [0.25, 0.3) is 0 Å². The van der Waals surface area contributed by atoms with Gasteiger partial charge in [0.25, 0.3) is 0 Å². The van der Waals surface area contributed by atoms with Gasteiger partial charge in [-0.1, -0.05) is 0 Å². The van der Waals surface area contributed by atoms with E-state index < -0.39 is 0 Å². The van der Waals surface area contributed by atoms with Crippen molar-refractivity contribution in [2.75, 3.05) is 0 Å². The van der Waals surface area contributed by atoms with E-state index in [1.54, 1.807) is 41.5 Å². The number of hydrogen-bond donors (Lipinski definition) is 0. The van der Waals surface area contributed by atoms with Gasteiger partial charge in [0.15, 0.2) is 0 Å². The van der Waals surface area contributed by atoms with Crippen molar-refractivity contribution in [3.05, 3.63) is 41.5 Å². The summed E-state index contributed by atoms with van der Waals surface area (Å²) in [5, 5.41) is 0. The SMILES string of the molecule is [CH2-]C.[CH2-]C.[CH2-]C.[CH2-]C.[CH2-]C.[CH2-]C.[Y+3].[Y+3].[Y+3]. The van der Waals surface area contributed by atoms with Crippen LogP contribution in [0.4, 0.5) is 0 Å². The molecule has 0 aromatic carbocycles. The van der Waals surface area contributed by atoms with Gasteiger partial charge in [-0.05, 0) is 0 Å². The third-order valence-corrected chi connectivity index (χ3v) is 0. The standard InChI is InChI=1S/6C2H5.3Y/c6*1-2;;;/h6*1H2,2H3;;;/q6*-1;3*+3. The summed E-state index contributed by atoms with van der Waals surface area (Å²) >= 11 is 0. The zero-order valence-corrected chi connectivity index (χ0v) is 20.5. The molecule has 0 atom stereocenters. The maximum atomic E-state index is 3.25. The molecule has 0 nitrogen and oxygen atoms in total. The van der Waals surface area contributed by atoms with Crippen LogP contribution in [0.5, 0.6) is 0 Å². The summed E-state index contributed by atoms with van der Waals surface area (Å²) in [5.41, 5.74) is 0. The number of rotatable bonds is 0. The normalized spacial score (nSPS) is 2.40. The molecule has 0 heterocycles. The van der Waals surface area contributed by atoms with E-state index in [2.05, 4.69) is 41.5 Å². The van der Waals surface area contributed by atoms with Crippen molar-refractivity contribution in [1.29, 1.82) is 0 Å². The Balaban J connectivity index is -0.00000000396. The van der Waals surface area contributed by atoms with E-state index in [0.29, 0.717) is 0 Å². The Labute approximate surface area is 178 Å². The molecule has 0 N–H and O–H groups in total. The minimum absolute atomic E-state index is 0. The third-order valence-electron chi connectivity index (χ3n) is 0. The zero-order valence-electron chi connectivity index (χ0n) is 12.0. The second-order valence-electron chi connectivity index (χ2n) is 0. The molecule has 0 bridgehead atoms. The zero-order chi connectivity index (χ0) is 12.0. The van der Waals surface area contributed by atoms with Gasteiger partial charge >= 0.3 is 98.1 Å². The quantitative estimate of drug-likeness (QED) is 0.463. The first-order valence-electron chi connectivity index (χ1n) is 4.24. The van der Waals surface area contributed by atoms with E-state index in [4.69, 9.17) is 0 Å². The molecule has 0 rings (SSSR count). The molecule has 84 valence electrons. The van der Waals surface area contributed by atoms with Crippen LogP contribution in [-0.2, 0) is 98.1 Å².